The summed E-state index contributed by atoms with van der Waals surface area (Å²) in [7, 11) is 2.24. The number of likely N-dealkylation sites (tertiary alicyclic amines) is 1. The van der Waals surface area contributed by atoms with Crippen LogP contribution in [0.2, 0.25) is 0 Å². The van der Waals surface area contributed by atoms with E-state index >= 15 is 0 Å². The number of aromatic nitrogens is 5. The highest BCUT2D eigenvalue weighted by Gasteiger charge is 2.61. The molecule has 2 saturated heterocycles. The number of nitrogens with one attached hydrogen (secondary N) is 1. The molecular formula is C37H46N8O2. The molecule has 4 aromatic rings. The molecule has 0 amide bonds. The molecule has 246 valence electrons. The van der Waals surface area contributed by atoms with Crippen LogP contribution in [0.3, 0.4) is 0 Å². The number of aryl methyl sites for hydroxylation is 1. The molecule has 47 heavy (non-hydrogen) atoms. The molecule has 2 aliphatic carbocycles. The van der Waals surface area contributed by atoms with Gasteiger partial charge in [-0.05, 0) is 119 Å². The van der Waals surface area contributed by atoms with Crippen molar-refractivity contribution in [3.05, 3.63) is 76.9 Å². The van der Waals surface area contributed by atoms with Crippen LogP contribution in [-0.2, 0) is 18.6 Å². The number of anilines is 3. The third-order valence-corrected chi connectivity index (χ3v) is 12.0. The Labute approximate surface area is 276 Å². The summed E-state index contributed by atoms with van der Waals surface area (Å²) in [6.07, 6.45) is 13.0. The first kappa shape index (κ1) is 30.3. The molecule has 1 atom stereocenters. The maximum atomic E-state index is 13.6. The lowest BCUT2D eigenvalue weighted by molar-refractivity contribution is -0.0580. The molecule has 0 radical (unpaired) electrons. The van der Waals surface area contributed by atoms with E-state index in [1.165, 1.54) is 44.5 Å². The third-order valence-electron chi connectivity index (χ3n) is 12.0. The Morgan fingerprint density at radius 1 is 0.957 bits per heavy atom. The van der Waals surface area contributed by atoms with Gasteiger partial charge in [0, 0.05) is 36.1 Å². The van der Waals surface area contributed by atoms with Gasteiger partial charge in [0.2, 0.25) is 5.95 Å². The molecule has 1 aromatic carbocycles. The molecule has 10 nitrogen and oxygen atoms in total. The number of pyridine rings is 1. The molecule has 3 aromatic heterocycles. The lowest BCUT2D eigenvalue weighted by atomic mass is 9.70. The Kier molecular flexibility index (Phi) is 7.29. The first-order valence-corrected chi connectivity index (χ1v) is 17.4. The van der Waals surface area contributed by atoms with E-state index in [1.54, 1.807) is 21.6 Å². The van der Waals surface area contributed by atoms with Crippen molar-refractivity contribution >= 4 is 28.4 Å². The molecule has 5 heterocycles. The maximum Gasteiger partial charge on any atom is 0.278 e. The number of hydrogen-bond donors (Lipinski definition) is 2. The van der Waals surface area contributed by atoms with E-state index in [4.69, 9.17) is 9.97 Å². The van der Waals surface area contributed by atoms with Gasteiger partial charge in [-0.3, -0.25) is 4.79 Å². The number of hydrogen-bond acceptors (Lipinski definition) is 8. The molecule has 1 saturated carbocycles. The molecule has 8 rings (SSSR count). The lowest BCUT2D eigenvalue weighted by Crippen LogP contribution is -2.46. The Hall–Kier alpha value is -4.02. The van der Waals surface area contributed by atoms with Gasteiger partial charge < -0.3 is 20.2 Å². The number of fused-ring (bicyclic) bond motifs is 2. The Morgan fingerprint density at radius 3 is 2.36 bits per heavy atom. The van der Waals surface area contributed by atoms with Crippen molar-refractivity contribution in [3.63, 3.8) is 0 Å². The highest BCUT2D eigenvalue weighted by Crippen LogP contribution is 2.64. The summed E-state index contributed by atoms with van der Waals surface area (Å²) in [6.45, 7) is 10.9. The van der Waals surface area contributed by atoms with Crippen LogP contribution in [0.5, 0.6) is 0 Å². The molecule has 10 heteroatoms. The van der Waals surface area contributed by atoms with Crippen molar-refractivity contribution < 1.29 is 5.11 Å². The van der Waals surface area contributed by atoms with Crippen LogP contribution >= 0.6 is 0 Å². The molecule has 4 aliphatic rings. The van der Waals surface area contributed by atoms with E-state index in [0.29, 0.717) is 34.6 Å². The number of rotatable bonds is 7. The number of benzene rings is 1. The van der Waals surface area contributed by atoms with Crippen molar-refractivity contribution in [1.29, 1.82) is 0 Å². The van der Waals surface area contributed by atoms with Crippen molar-refractivity contribution in [3.8, 4) is 5.82 Å². The fraction of sp³-hybridized carbons (Fsp3) is 0.514. The summed E-state index contributed by atoms with van der Waals surface area (Å²) in [5.41, 5.74) is 3.66. The van der Waals surface area contributed by atoms with Crippen molar-refractivity contribution in [2.45, 2.75) is 76.9 Å². The van der Waals surface area contributed by atoms with E-state index < -0.39 is 5.60 Å². The first-order chi connectivity index (χ1) is 22.8. The maximum absolute atomic E-state index is 13.6. The van der Waals surface area contributed by atoms with Crippen molar-refractivity contribution in [2.24, 2.45) is 10.8 Å². The molecule has 2 aliphatic heterocycles. The van der Waals surface area contributed by atoms with Crippen molar-refractivity contribution in [2.75, 3.05) is 43.4 Å². The minimum absolute atomic E-state index is 0.0857. The summed E-state index contributed by atoms with van der Waals surface area (Å²) >= 11 is 0. The molecule has 2 N–H and O–H groups in total. The Morgan fingerprint density at radius 2 is 1.68 bits per heavy atom. The van der Waals surface area contributed by atoms with Gasteiger partial charge in [0.25, 0.3) is 5.56 Å². The summed E-state index contributed by atoms with van der Waals surface area (Å²) in [5, 5.41) is 15.7. The van der Waals surface area contributed by atoms with E-state index in [0.717, 1.165) is 55.7 Å². The van der Waals surface area contributed by atoms with E-state index in [2.05, 4.69) is 64.1 Å². The number of allylic oxidation sites excluding steroid dienone is 1. The van der Waals surface area contributed by atoms with Gasteiger partial charge in [-0.25, -0.2) is 19.3 Å². The summed E-state index contributed by atoms with van der Waals surface area (Å²) in [4.78, 5) is 33.0. The van der Waals surface area contributed by atoms with Gasteiger partial charge >= 0.3 is 0 Å². The van der Waals surface area contributed by atoms with Crippen LogP contribution in [0, 0.1) is 10.8 Å². The second kappa shape index (κ2) is 11.3. The first-order valence-electron chi connectivity index (χ1n) is 17.4. The van der Waals surface area contributed by atoms with Crippen LogP contribution in [0.1, 0.15) is 69.5 Å². The second-order valence-corrected chi connectivity index (χ2v) is 14.6. The van der Waals surface area contributed by atoms with Gasteiger partial charge in [-0.1, -0.05) is 19.1 Å². The molecule has 2 spiro atoms. The zero-order valence-electron chi connectivity index (χ0n) is 27.7. The molecular weight excluding hydrogens is 588 g/mol. The Bertz CT molecular complexity index is 1870. The van der Waals surface area contributed by atoms with Crippen LogP contribution in [0.25, 0.3) is 16.9 Å². The number of aliphatic hydroxyl groups is 1. The predicted molar refractivity (Wildman–Crippen MR) is 186 cm³/mol. The monoisotopic (exact) mass is 634 g/mol. The smallest absolute Gasteiger partial charge is 0.278 e. The highest BCUT2D eigenvalue weighted by atomic mass is 16.3. The van der Waals surface area contributed by atoms with Gasteiger partial charge in [0.1, 0.15) is 11.0 Å². The molecule has 3 fully saturated rings. The van der Waals surface area contributed by atoms with Gasteiger partial charge in [-0.2, -0.15) is 4.98 Å². The largest absolute Gasteiger partial charge is 0.383 e. The number of nitrogens with zero attached hydrogens (tertiary/aromatic N) is 7. The Balaban J connectivity index is 1.07. The molecule has 0 bridgehead atoms. The van der Waals surface area contributed by atoms with Gasteiger partial charge in [0.05, 0.1) is 12.2 Å². The van der Waals surface area contributed by atoms with E-state index in [1.807, 2.05) is 13.0 Å². The zero-order valence-corrected chi connectivity index (χ0v) is 27.7. The standard InChI is InChI=1S/C37H46N8O2/c1-4-20-44-33(46)29-25-38-34(39-27-7-9-28(10-8-27)43-23-18-35(19-24-43)16-21-42(3)22-17-35)41-32(29)45(44)30-11-6-26-12-13-36(14-15-36)37(47,5-2)31(26)40-30/h4,6-11,25,47H,1,5,12-24H2,2-3H3,(H,38,39,41)/t37-/m1/s1. The average Bonchev–Trinajstić information content (AvgIpc) is 3.84. The van der Waals surface area contributed by atoms with Crippen LogP contribution in [0.15, 0.2) is 60.0 Å². The zero-order chi connectivity index (χ0) is 32.4. The topological polar surface area (TPSA) is 104 Å². The summed E-state index contributed by atoms with van der Waals surface area (Å²) in [6, 6.07) is 12.5. The molecule has 0 unspecified atom stereocenters. The summed E-state index contributed by atoms with van der Waals surface area (Å²) < 4.78 is 3.35. The van der Waals surface area contributed by atoms with Gasteiger partial charge in [-0.15, -0.1) is 6.58 Å². The SMILES string of the molecule is C=CCn1c(=O)c2cnc(Nc3ccc(N4CCC5(CCN(C)CC5)CC4)cc3)nc2n1-c1ccc2c(n1)[C@](O)(CC)C1(CC2)CC1. The third kappa shape index (κ3) is 4.99. The fourth-order valence-electron chi connectivity index (χ4n) is 8.67. The van der Waals surface area contributed by atoms with Gasteiger partial charge in [0.15, 0.2) is 11.5 Å². The predicted octanol–water partition coefficient (Wildman–Crippen LogP) is 5.54. The van der Waals surface area contributed by atoms with E-state index in [-0.39, 0.29) is 17.5 Å². The second-order valence-electron chi connectivity index (χ2n) is 14.6. The fourth-order valence-corrected chi connectivity index (χ4v) is 8.67. The van der Waals surface area contributed by atoms with Crippen molar-refractivity contribution in [1.82, 2.24) is 29.2 Å². The quantitative estimate of drug-likeness (QED) is 0.256. The minimum Gasteiger partial charge on any atom is -0.383 e. The van der Waals surface area contributed by atoms with Crippen LogP contribution in [0.4, 0.5) is 17.3 Å². The van der Waals surface area contributed by atoms with Crippen LogP contribution in [-0.4, -0.2) is 67.5 Å². The highest BCUT2D eigenvalue weighted by molar-refractivity contribution is 5.77. The number of piperidine rings is 2. The average molecular weight is 635 g/mol. The lowest BCUT2D eigenvalue weighted by Gasteiger charge is -2.46. The van der Waals surface area contributed by atoms with E-state index in [9.17, 15) is 9.90 Å². The van der Waals surface area contributed by atoms with Crippen LogP contribution < -0.4 is 15.8 Å². The summed E-state index contributed by atoms with van der Waals surface area (Å²) in [5.74, 6) is 0.955. The normalized spacial score (nSPS) is 23.3. The minimum atomic E-state index is -0.973.